The van der Waals surface area contributed by atoms with Crippen LogP contribution in [0, 0.1) is 0 Å². The molecule has 0 N–H and O–H groups in total. The number of esters is 1. The molecule has 0 saturated heterocycles. The number of methoxy groups -OCH3 is 1. The standard InChI is InChI=1S/C20H19ClO6/c1-24-17-6-3-15(21)10-14(17)12-27-20(23)7-4-16(22)13-2-5-18-19(11-13)26-9-8-25-18/h2-3,5-6,10-11H,4,7-9,12H2,1H3. The Morgan fingerprint density at radius 2 is 1.81 bits per heavy atom. The number of fused-ring (bicyclic) bond motifs is 1. The van der Waals surface area contributed by atoms with E-state index < -0.39 is 5.97 Å². The lowest BCUT2D eigenvalue weighted by Gasteiger charge is -2.18. The van der Waals surface area contributed by atoms with Gasteiger partial charge in [-0.05, 0) is 36.4 Å². The van der Waals surface area contributed by atoms with E-state index in [0.29, 0.717) is 46.6 Å². The normalized spacial score (nSPS) is 12.4. The van der Waals surface area contributed by atoms with E-state index >= 15 is 0 Å². The van der Waals surface area contributed by atoms with Crippen molar-refractivity contribution in [3.8, 4) is 17.2 Å². The molecule has 0 spiro atoms. The Morgan fingerprint density at radius 3 is 2.59 bits per heavy atom. The summed E-state index contributed by atoms with van der Waals surface area (Å²) in [4.78, 5) is 24.3. The first-order valence-electron chi connectivity index (χ1n) is 8.47. The molecule has 0 bridgehead atoms. The Kier molecular flexibility index (Phi) is 6.19. The maximum Gasteiger partial charge on any atom is 0.306 e. The number of benzene rings is 2. The molecule has 1 aliphatic rings. The number of ketones is 1. The van der Waals surface area contributed by atoms with Gasteiger partial charge in [0.15, 0.2) is 17.3 Å². The van der Waals surface area contributed by atoms with E-state index in [1.807, 2.05) is 0 Å². The van der Waals surface area contributed by atoms with E-state index in [1.165, 1.54) is 7.11 Å². The topological polar surface area (TPSA) is 71.1 Å². The van der Waals surface area contributed by atoms with Gasteiger partial charge in [-0.3, -0.25) is 9.59 Å². The Bertz CT molecular complexity index is 848. The molecule has 0 saturated carbocycles. The second-order valence-corrected chi connectivity index (χ2v) is 6.33. The summed E-state index contributed by atoms with van der Waals surface area (Å²) in [7, 11) is 1.53. The predicted molar refractivity (Wildman–Crippen MR) is 98.8 cm³/mol. The van der Waals surface area contributed by atoms with Gasteiger partial charge in [0.25, 0.3) is 0 Å². The Hall–Kier alpha value is -2.73. The zero-order valence-electron chi connectivity index (χ0n) is 14.8. The molecule has 1 heterocycles. The van der Waals surface area contributed by atoms with Crippen LogP contribution in [-0.2, 0) is 16.1 Å². The summed E-state index contributed by atoms with van der Waals surface area (Å²) >= 11 is 5.95. The average molecular weight is 391 g/mol. The first-order valence-corrected chi connectivity index (χ1v) is 8.85. The lowest BCUT2D eigenvalue weighted by atomic mass is 10.1. The number of carbonyl (C=O) groups is 2. The van der Waals surface area contributed by atoms with Crippen LogP contribution in [0.25, 0.3) is 0 Å². The van der Waals surface area contributed by atoms with E-state index in [4.69, 9.17) is 30.5 Å². The fourth-order valence-corrected chi connectivity index (χ4v) is 2.86. The highest BCUT2D eigenvalue weighted by Gasteiger charge is 2.16. The molecule has 0 aromatic heterocycles. The van der Waals surface area contributed by atoms with E-state index in [2.05, 4.69) is 0 Å². The van der Waals surface area contributed by atoms with Crippen molar-refractivity contribution in [1.29, 1.82) is 0 Å². The monoisotopic (exact) mass is 390 g/mol. The number of rotatable bonds is 7. The predicted octanol–water partition coefficient (Wildman–Crippen LogP) is 3.83. The van der Waals surface area contributed by atoms with Gasteiger partial charge >= 0.3 is 5.97 Å². The van der Waals surface area contributed by atoms with Gasteiger partial charge in [0.05, 0.1) is 13.5 Å². The van der Waals surface area contributed by atoms with Crippen molar-refractivity contribution in [2.24, 2.45) is 0 Å². The molecule has 6 nitrogen and oxygen atoms in total. The van der Waals surface area contributed by atoms with Gasteiger partial charge in [-0.15, -0.1) is 0 Å². The summed E-state index contributed by atoms with van der Waals surface area (Å²) < 4.78 is 21.3. The van der Waals surface area contributed by atoms with Crippen LogP contribution in [0.15, 0.2) is 36.4 Å². The summed E-state index contributed by atoms with van der Waals surface area (Å²) in [6, 6.07) is 10.1. The fourth-order valence-electron chi connectivity index (χ4n) is 2.67. The van der Waals surface area contributed by atoms with Gasteiger partial charge in [-0.25, -0.2) is 0 Å². The number of halogens is 1. The highest BCUT2D eigenvalue weighted by Crippen LogP contribution is 2.31. The molecule has 0 amide bonds. The molecule has 7 heteroatoms. The fraction of sp³-hybridized carbons (Fsp3) is 0.300. The Balaban J connectivity index is 1.52. The highest BCUT2D eigenvalue weighted by molar-refractivity contribution is 6.30. The van der Waals surface area contributed by atoms with Crippen molar-refractivity contribution in [3.05, 3.63) is 52.5 Å². The van der Waals surface area contributed by atoms with Crippen LogP contribution < -0.4 is 14.2 Å². The van der Waals surface area contributed by atoms with E-state index in [-0.39, 0.29) is 25.2 Å². The Labute approximate surface area is 161 Å². The minimum absolute atomic E-state index is 0.0177. The van der Waals surface area contributed by atoms with E-state index in [9.17, 15) is 9.59 Å². The van der Waals surface area contributed by atoms with Gasteiger partial charge in [0, 0.05) is 22.6 Å². The molecule has 142 valence electrons. The van der Waals surface area contributed by atoms with Crippen molar-refractivity contribution < 1.29 is 28.5 Å². The molecule has 27 heavy (non-hydrogen) atoms. The van der Waals surface area contributed by atoms with Crippen molar-refractivity contribution in [1.82, 2.24) is 0 Å². The summed E-state index contributed by atoms with van der Waals surface area (Å²) in [6.45, 7) is 0.967. The highest BCUT2D eigenvalue weighted by atomic mass is 35.5. The minimum Gasteiger partial charge on any atom is -0.496 e. The Morgan fingerprint density at radius 1 is 1.04 bits per heavy atom. The third-order valence-electron chi connectivity index (χ3n) is 4.05. The van der Waals surface area contributed by atoms with Crippen molar-refractivity contribution in [2.75, 3.05) is 20.3 Å². The molecule has 0 fully saturated rings. The average Bonchev–Trinajstić information content (AvgIpc) is 2.70. The quantitative estimate of drug-likeness (QED) is 0.528. The smallest absolute Gasteiger partial charge is 0.306 e. The van der Waals surface area contributed by atoms with Gasteiger partial charge < -0.3 is 18.9 Å². The van der Waals surface area contributed by atoms with Crippen LogP contribution in [0.3, 0.4) is 0 Å². The molecular formula is C20H19ClO6. The van der Waals surface area contributed by atoms with Crippen molar-refractivity contribution >= 4 is 23.4 Å². The second-order valence-electron chi connectivity index (χ2n) is 5.90. The van der Waals surface area contributed by atoms with Gasteiger partial charge in [0.2, 0.25) is 0 Å². The maximum absolute atomic E-state index is 12.3. The van der Waals surface area contributed by atoms with Crippen LogP contribution in [0.4, 0.5) is 0 Å². The van der Waals surface area contributed by atoms with E-state index in [1.54, 1.807) is 36.4 Å². The third kappa shape index (κ3) is 4.92. The first kappa shape index (κ1) is 19.0. The summed E-state index contributed by atoms with van der Waals surface area (Å²) in [5, 5.41) is 0.524. The largest absolute Gasteiger partial charge is 0.496 e. The minimum atomic E-state index is -0.470. The number of Topliss-reactive ketones (excluding diaryl/α,β-unsaturated/α-hetero) is 1. The summed E-state index contributed by atoms with van der Waals surface area (Å²) in [5.74, 6) is 1.11. The number of hydrogen-bond acceptors (Lipinski definition) is 6. The zero-order valence-corrected chi connectivity index (χ0v) is 15.6. The third-order valence-corrected chi connectivity index (χ3v) is 4.29. The van der Waals surface area contributed by atoms with Crippen LogP contribution in [0.2, 0.25) is 5.02 Å². The van der Waals surface area contributed by atoms with Gasteiger partial charge in [-0.2, -0.15) is 0 Å². The zero-order chi connectivity index (χ0) is 19.2. The van der Waals surface area contributed by atoms with Gasteiger partial charge in [-0.1, -0.05) is 11.6 Å². The molecule has 1 aliphatic heterocycles. The number of ether oxygens (including phenoxy) is 4. The molecule has 0 unspecified atom stereocenters. The lowest BCUT2D eigenvalue weighted by molar-refractivity contribution is -0.144. The van der Waals surface area contributed by atoms with Crippen molar-refractivity contribution in [2.45, 2.75) is 19.4 Å². The first-order chi connectivity index (χ1) is 13.1. The summed E-state index contributed by atoms with van der Waals surface area (Å²) in [6.07, 6.45) is 0.0291. The van der Waals surface area contributed by atoms with Crippen LogP contribution in [0.5, 0.6) is 17.2 Å². The lowest BCUT2D eigenvalue weighted by Crippen LogP contribution is -2.16. The van der Waals surface area contributed by atoms with Crippen LogP contribution in [0.1, 0.15) is 28.8 Å². The van der Waals surface area contributed by atoms with Crippen molar-refractivity contribution in [3.63, 3.8) is 0 Å². The molecule has 0 aliphatic carbocycles. The molecular weight excluding hydrogens is 372 g/mol. The molecule has 0 atom stereocenters. The molecule has 3 rings (SSSR count). The van der Waals surface area contributed by atoms with Crippen LogP contribution >= 0.6 is 11.6 Å². The number of hydrogen-bond donors (Lipinski definition) is 0. The van der Waals surface area contributed by atoms with Gasteiger partial charge in [0.1, 0.15) is 25.6 Å². The molecule has 2 aromatic carbocycles. The SMILES string of the molecule is COc1ccc(Cl)cc1COC(=O)CCC(=O)c1ccc2c(c1)OCCO2. The summed E-state index contributed by atoms with van der Waals surface area (Å²) in [5.41, 5.74) is 1.14. The van der Waals surface area contributed by atoms with E-state index in [0.717, 1.165) is 0 Å². The second kappa shape index (κ2) is 8.77. The maximum atomic E-state index is 12.3. The van der Waals surface area contributed by atoms with Crippen LogP contribution in [-0.4, -0.2) is 32.1 Å². The molecule has 2 aromatic rings. The number of carbonyl (C=O) groups excluding carboxylic acids is 2. The molecule has 0 radical (unpaired) electrons.